The van der Waals surface area contributed by atoms with Crippen molar-refractivity contribution in [2.75, 3.05) is 6.61 Å². The lowest BCUT2D eigenvalue weighted by molar-refractivity contribution is -0.170. The smallest absolute Gasteiger partial charge is 0.342 e. The average molecular weight is 218 g/mol. The molecule has 0 spiro atoms. The lowest BCUT2D eigenvalue weighted by Gasteiger charge is -2.12. The molecule has 1 atom stereocenters. The van der Waals surface area contributed by atoms with Gasteiger partial charge in [0.2, 0.25) is 0 Å². The highest BCUT2D eigenvalue weighted by Gasteiger charge is 2.23. The van der Waals surface area contributed by atoms with Gasteiger partial charge in [0.1, 0.15) is 6.61 Å². The first-order valence-corrected chi connectivity index (χ1v) is 4.88. The van der Waals surface area contributed by atoms with E-state index in [-0.39, 0.29) is 18.6 Å². The van der Waals surface area contributed by atoms with E-state index in [9.17, 15) is 14.7 Å². The van der Waals surface area contributed by atoms with E-state index in [0.717, 1.165) is 0 Å². The third kappa shape index (κ3) is 6.19. The highest BCUT2D eigenvalue weighted by molar-refractivity contribution is 5.88. The number of aliphatic hydroxyl groups is 1. The summed E-state index contributed by atoms with van der Waals surface area (Å²) in [7, 11) is 0. The quantitative estimate of drug-likeness (QED) is 0.537. The van der Waals surface area contributed by atoms with Gasteiger partial charge >= 0.3 is 11.9 Å². The molecule has 0 aromatic rings. The molecule has 0 aliphatic heterocycles. The minimum absolute atomic E-state index is 0.109. The number of hydrogen-bond donors (Lipinski definition) is 1. The third-order valence-corrected chi connectivity index (χ3v) is 1.62. The third-order valence-electron chi connectivity index (χ3n) is 1.62. The van der Waals surface area contributed by atoms with E-state index in [1.165, 1.54) is 0 Å². The fourth-order valence-corrected chi connectivity index (χ4v) is 0.709. The van der Waals surface area contributed by atoms with Gasteiger partial charge in [0.15, 0.2) is 6.10 Å². The van der Waals surface area contributed by atoms with Gasteiger partial charge in [-0.1, -0.05) is 13.8 Å². The van der Waals surface area contributed by atoms with Crippen molar-refractivity contribution in [2.45, 2.75) is 39.9 Å². The van der Waals surface area contributed by atoms with E-state index < -0.39 is 18.0 Å². The van der Waals surface area contributed by atoms with Crippen LogP contribution in [0.5, 0.6) is 0 Å². The average Bonchev–Trinajstić information content (AvgIpc) is 2.13. The molecule has 15 heavy (non-hydrogen) atoms. The SMILES string of the molecule is CC(C)OCC(=O)OC(=O)C(O)C(C)C. The number of ether oxygens (including phenoxy) is 2. The summed E-state index contributed by atoms with van der Waals surface area (Å²) in [6, 6.07) is 0. The molecule has 0 amide bonds. The van der Waals surface area contributed by atoms with Crippen molar-refractivity contribution in [3.05, 3.63) is 0 Å². The molecule has 0 aliphatic rings. The number of hydrogen-bond acceptors (Lipinski definition) is 5. The van der Waals surface area contributed by atoms with Gasteiger partial charge in [0.05, 0.1) is 6.10 Å². The predicted octanol–water partition coefficient (Wildman–Crippen LogP) is 0.498. The van der Waals surface area contributed by atoms with Crippen molar-refractivity contribution >= 4 is 11.9 Å². The Kier molecular flexibility index (Phi) is 6.12. The molecular formula is C10H18O5. The number of carbonyl (C=O) groups excluding carboxylic acids is 2. The van der Waals surface area contributed by atoms with Crippen LogP contribution in [0.25, 0.3) is 0 Å². The Morgan fingerprint density at radius 2 is 1.73 bits per heavy atom. The van der Waals surface area contributed by atoms with Crippen LogP contribution in [0.1, 0.15) is 27.7 Å². The summed E-state index contributed by atoms with van der Waals surface area (Å²) in [4.78, 5) is 22.1. The predicted molar refractivity (Wildman–Crippen MR) is 53.0 cm³/mol. The molecule has 0 rings (SSSR count). The Balaban J connectivity index is 3.91. The number of esters is 2. The summed E-state index contributed by atoms with van der Waals surface area (Å²) >= 11 is 0. The molecule has 0 fully saturated rings. The summed E-state index contributed by atoms with van der Waals surface area (Å²) < 4.78 is 9.31. The zero-order valence-electron chi connectivity index (χ0n) is 9.52. The number of rotatable bonds is 5. The second kappa shape index (κ2) is 6.53. The monoisotopic (exact) mass is 218 g/mol. The molecule has 0 radical (unpaired) electrons. The second-order valence-corrected chi connectivity index (χ2v) is 3.84. The van der Waals surface area contributed by atoms with Crippen molar-refractivity contribution in [3.8, 4) is 0 Å². The van der Waals surface area contributed by atoms with Crippen LogP contribution >= 0.6 is 0 Å². The van der Waals surface area contributed by atoms with Gasteiger partial charge in [-0.05, 0) is 19.8 Å². The maximum atomic E-state index is 11.1. The second-order valence-electron chi connectivity index (χ2n) is 3.84. The van der Waals surface area contributed by atoms with Gasteiger partial charge in [-0.3, -0.25) is 0 Å². The van der Waals surface area contributed by atoms with Crippen LogP contribution in [-0.2, 0) is 19.1 Å². The van der Waals surface area contributed by atoms with E-state index in [1.807, 2.05) is 0 Å². The van der Waals surface area contributed by atoms with E-state index in [2.05, 4.69) is 4.74 Å². The molecule has 88 valence electrons. The maximum Gasteiger partial charge on any atom is 0.342 e. The lowest BCUT2D eigenvalue weighted by atomic mass is 10.1. The molecule has 0 aromatic heterocycles. The van der Waals surface area contributed by atoms with E-state index in [4.69, 9.17) is 4.74 Å². The molecule has 0 saturated carbocycles. The minimum Gasteiger partial charge on any atom is -0.389 e. The summed E-state index contributed by atoms with van der Waals surface area (Å²) in [6.45, 7) is 6.55. The van der Waals surface area contributed by atoms with Crippen LogP contribution in [0.3, 0.4) is 0 Å². The van der Waals surface area contributed by atoms with E-state index in [0.29, 0.717) is 0 Å². The maximum absolute atomic E-state index is 11.1. The highest BCUT2D eigenvalue weighted by atomic mass is 16.6. The van der Waals surface area contributed by atoms with Gasteiger partial charge < -0.3 is 14.6 Å². The van der Waals surface area contributed by atoms with Crippen LogP contribution < -0.4 is 0 Å². The number of aliphatic hydroxyl groups excluding tert-OH is 1. The molecule has 1 N–H and O–H groups in total. The zero-order chi connectivity index (χ0) is 12.0. The van der Waals surface area contributed by atoms with Crippen molar-refractivity contribution in [3.63, 3.8) is 0 Å². The highest BCUT2D eigenvalue weighted by Crippen LogP contribution is 2.03. The topological polar surface area (TPSA) is 72.8 Å². The van der Waals surface area contributed by atoms with Gasteiger partial charge in [0.25, 0.3) is 0 Å². The Bertz CT molecular complexity index is 222. The zero-order valence-corrected chi connectivity index (χ0v) is 9.52. The summed E-state index contributed by atoms with van der Waals surface area (Å²) in [5.74, 6) is -1.99. The molecule has 1 unspecified atom stereocenters. The molecule has 0 heterocycles. The summed E-state index contributed by atoms with van der Waals surface area (Å²) in [5, 5.41) is 9.25. The van der Waals surface area contributed by atoms with Crippen LogP contribution in [0.4, 0.5) is 0 Å². The molecule has 0 aromatic carbocycles. The largest absolute Gasteiger partial charge is 0.389 e. The minimum atomic E-state index is -1.27. The molecule has 5 heteroatoms. The van der Waals surface area contributed by atoms with Gasteiger partial charge in [0, 0.05) is 0 Å². The standard InChI is InChI=1S/C10H18O5/c1-6(2)9(12)10(13)15-8(11)5-14-7(3)4/h6-7,9,12H,5H2,1-4H3. The summed E-state index contributed by atoms with van der Waals surface area (Å²) in [6.07, 6.45) is -1.38. The molecule has 0 bridgehead atoms. The Morgan fingerprint density at radius 3 is 2.13 bits per heavy atom. The van der Waals surface area contributed by atoms with Crippen molar-refractivity contribution < 1.29 is 24.2 Å². The Morgan fingerprint density at radius 1 is 1.20 bits per heavy atom. The van der Waals surface area contributed by atoms with Gasteiger partial charge in [-0.2, -0.15) is 0 Å². The molecule has 0 aliphatic carbocycles. The van der Waals surface area contributed by atoms with Crippen molar-refractivity contribution in [2.24, 2.45) is 5.92 Å². The Hall–Kier alpha value is -0.940. The molecule has 5 nitrogen and oxygen atoms in total. The van der Waals surface area contributed by atoms with Crippen LogP contribution in [0.2, 0.25) is 0 Å². The van der Waals surface area contributed by atoms with Crippen LogP contribution in [0.15, 0.2) is 0 Å². The molecular weight excluding hydrogens is 200 g/mol. The first-order chi connectivity index (χ1) is 6.84. The number of carbonyl (C=O) groups is 2. The fourth-order valence-electron chi connectivity index (χ4n) is 0.709. The normalized spacial score (nSPS) is 13.0. The Labute approximate surface area is 89.4 Å². The van der Waals surface area contributed by atoms with Gasteiger partial charge in [-0.15, -0.1) is 0 Å². The summed E-state index contributed by atoms with van der Waals surface area (Å²) in [5.41, 5.74) is 0. The molecule has 0 saturated heterocycles. The lowest BCUT2D eigenvalue weighted by Crippen LogP contribution is -2.31. The van der Waals surface area contributed by atoms with Gasteiger partial charge in [-0.25, -0.2) is 9.59 Å². The van der Waals surface area contributed by atoms with E-state index in [1.54, 1.807) is 27.7 Å². The fraction of sp³-hybridized carbons (Fsp3) is 0.800. The van der Waals surface area contributed by atoms with Crippen LogP contribution in [-0.4, -0.2) is 35.9 Å². The van der Waals surface area contributed by atoms with Crippen molar-refractivity contribution in [1.29, 1.82) is 0 Å². The first-order valence-electron chi connectivity index (χ1n) is 4.88. The van der Waals surface area contributed by atoms with Crippen molar-refractivity contribution in [1.82, 2.24) is 0 Å². The van der Waals surface area contributed by atoms with E-state index >= 15 is 0 Å². The first kappa shape index (κ1) is 14.1. The van der Waals surface area contributed by atoms with Crippen LogP contribution in [0, 0.1) is 5.92 Å².